The number of nitro groups is 1. The lowest BCUT2D eigenvalue weighted by Crippen LogP contribution is -2.42. The Hall–Kier alpha value is -1.18. The Kier molecular flexibility index (Phi) is 3.20. The monoisotopic (exact) mass is 284 g/mol. The van der Waals surface area contributed by atoms with Crippen molar-refractivity contribution in [3.63, 3.8) is 0 Å². The van der Waals surface area contributed by atoms with Crippen LogP contribution in [0.25, 0.3) is 0 Å². The molecule has 0 amide bonds. The van der Waals surface area contributed by atoms with Crippen molar-refractivity contribution in [1.82, 2.24) is 0 Å². The Balaban J connectivity index is 1.92. The minimum Gasteiger partial charge on any atom is -0.388 e. The maximum Gasteiger partial charge on any atom is 0.304 e. The SMILES string of the molecule is C[C@@H](O)c1cc([N+](=O)[O-])c(N2CC3CCC(C2)O3)s1. The van der Waals surface area contributed by atoms with Crippen LogP contribution in [0.4, 0.5) is 10.7 Å². The summed E-state index contributed by atoms with van der Waals surface area (Å²) in [6.45, 7) is 3.04. The van der Waals surface area contributed by atoms with E-state index in [9.17, 15) is 15.2 Å². The molecule has 104 valence electrons. The molecule has 0 radical (unpaired) electrons. The molecule has 0 saturated carbocycles. The van der Waals surface area contributed by atoms with Gasteiger partial charge in [0.1, 0.15) is 0 Å². The molecule has 2 aliphatic rings. The second-order valence-electron chi connectivity index (χ2n) is 5.13. The zero-order valence-corrected chi connectivity index (χ0v) is 11.4. The highest BCUT2D eigenvalue weighted by atomic mass is 32.1. The molecule has 0 aromatic carbocycles. The van der Waals surface area contributed by atoms with Crippen LogP contribution < -0.4 is 4.90 Å². The fourth-order valence-electron chi connectivity index (χ4n) is 2.73. The number of anilines is 1. The van der Waals surface area contributed by atoms with Crippen LogP contribution in [0.15, 0.2) is 6.07 Å². The zero-order chi connectivity index (χ0) is 13.6. The molecule has 0 spiro atoms. The molecule has 2 unspecified atom stereocenters. The highest BCUT2D eigenvalue weighted by molar-refractivity contribution is 7.16. The van der Waals surface area contributed by atoms with Crippen LogP contribution in [0.2, 0.25) is 0 Å². The standard InChI is InChI=1S/C12H16N2O4S/c1-7(15)11-4-10(14(16)17)12(19-11)13-5-8-2-3-9(6-13)18-8/h4,7-9,15H,2-3,5-6H2,1H3/t7-,8?,9?/m1/s1. The van der Waals surface area contributed by atoms with E-state index in [0.717, 1.165) is 12.8 Å². The smallest absolute Gasteiger partial charge is 0.304 e. The van der Waals surface area contributed by atoms with Crippen LogP contribution in [-0.2, 0) is 4.74 Å². The third kappa shape index (κ3) is 2.33. The number of fused-ring (bicyclic) bond motifs is 2. The number of nitrogens with zero attached hydrogens (tertiary/aromatic N) is 2. The Morgan fingerprint density at radius 2 is 2.16 bits per heavy atom. The minimum atomic E-state index is -0.671. The molecule has 2 bridgehead atoms. The number of hydrogen-bond acceptors (Lipinski definition) is 6. The molecule has 1 N–H and O–H groups in total. The summed E-state index contributed by atoms with van der Waals surface area (Å²) < 4.78 is 5.75. The van der Waals surface area contributed by atoms with Crippen molar-refractivity contribution >= 4 is 22.0 Å². The summed E-state index contributed by atoms with van der Waals surface area (Å²) in [6, 6.07) is 1.49. The predicted octanol–water partition coefficient (Wildman–Crippen LogP) is 2.08. The van der Waals surface area contributed by atoms with Crippen molar-refractivity contribution in [2.75, 3.05) is 18.0 Å². The van der Waals surface area contributed by atoms with E-state index in [0.29, 0.717) is 23.0 Å². The Morgan fingerprint density at radius 1 is 1.53 bits per heavy atom. The van der Waals surface area contributed by atoms with Gasteiger partial charge in [0.25, 0.3) is 0 Å². The lowest BCUT2D eigenvalue weighted by Gasteiger charge is -2.32. The number of ether oxygens (including phenoxy) is 1. The molecule has 6 nitrogen and oxygen atoms in total. The molecular formula is C12H16N2O4S. The number of rotatable bonds is 3. The second-order valence-corrected chi connectivity index (χ2v) is 6.20. The number of morpholine rings is 1. The molecular weight excluding hydrogens is 268 g/mol. The van der Waals surface area contributed by atoms with Crippen molar-refractivity contribution < 1.29 is 14.8 Å². The molecule has 2 aliphatic heterocycles. The van der Waals surface area contributed by atoms with E-state index in [1.807, 2.05) is 4.90 Å². The lowest BCUT2D eigenvalue weighted by molar-refractivity contribution is -0.383. The van der Waals surface area contributed by atoms with Gasteiger partial charge in [-0.1, -0.05) is 0 Å². The molecule has 2 saturated heterocycles. The minimum absolute atomic E-state index is 0.0993. The Labute approximate surface area is 114 Å². The first-order valence-electron chi connectivity index (χ1n) is 6.41. The summed E-state index contributed by atoms with van der Waals surface area (Å²) >= 11 is 1.31. The highest BCUT2D eigenvalue weighted by Crippen LogP contribution is 2.42. The van der Waals surface area contributed by atoms with Gasteiger partial charge >= 0.3 is 5.69 Å². The first-order chi connectivity index (χ1) is 9.04. The third-order valence-corrected chi connectivity index (χ3v) is 5.01. The lowest BCUT2D eigenvalue weighted by atomic mass is 10.2. The number of aliphatic hydroxyl groups excluding tert-OH is 1. The van der Waals surface area contributed by atoms with Crippen molar-refractivity contribution in [3.05, 3.63) is 21.1 Å². The molecule has 7 heteroatoms. The normalized spacial score (nSPS) is 27.6. The zero-order valence-electron chi connectivity index (χ0n) is 10.6. The van der Waals surface area contributed by atoms with E-state index in [4.69, 9.17) is 4.74 Å². The van der Waals surface area contributed by atoms with Crippen molar-refractivity contribution in [2.24, 2.45) is 0 Å². The maximum atomic E-state index is 11.2. The molecule has 3 heterocycles. The fourth-order valence-corrected chi connectivity index (χ4v) is 3.81. The van der Waals surface area contributed by atoms with E-state index in [-0.39, 0.29) is 22.8 Å². The van der Waals surface area contributed by atoms with Gasteiger partial charge < -0.3 is 14.7 Å². The molecule has 0 aliphatic carbocycles. The quantitative estimate of drug-likeness (QED) is 0.679. The topological polar surface area (TPSA) is 75.8 Å². The summed E-state index contributed by atoms with van der Waals surface area (Å²) in [5, 5.41) is 21.4. The van der Waals surface area contributed by atoms with Gasteiger partial charge in [-0.2, -0.15) is 0 Å². The van der Waals surface area contributed by atoms with Gasteiger partial charge in [0.05, 0.1) is 23.2 Å². The van der Waals surface area contributed by atoms with Gasteiger partial charge in [-0.3, -0.25) is 10.1 Å². The van der Waals surface area contributed by atoms with Gasteiger partial charge in [0, 0.05) is 24.0 Å². The highest BCUT2D eigenvalue weighted by Gasteiger charge is 2.37. The van der Waals surface area contributed by atoms with Crippen LogP contribution >= 0.6 is 11.3 Å². The largest absolute Gasteiger partial charge is 0.388 e. The van der Waals surface area contributed by atoms with E-state index < -0.39 is 6.10 Å². The first kappa shape index (κ1) is 12.8. The third-order valence-electron chi connectivity index (χ3n) is 3.65. The van der Waals surface area contributed by atoms with Gasteiger partial charge in [0.2, 0.25) is 0 Å². The van der Waals surface area contributed by atoms with Gasteiger partial charge in [-0.15, -0.1) is 11.3 Å². The van der Waals surface area contributed by atoms with Crippen LogP contribution in [0.1, 0.15) is 30.7 Å². The van der Waals surface area contributed by atoms with Gasteiger partial charge in [0.15, 0.2) is 5.00 Å². The van der Waals surface area contributed by atoms with Crippen molar-refractivity contribution in [3.8, 4) is 0 Å². The number of thiophene rings is 1. The van der Waals surface area contributed by atoms with Crippen molar-refractivity contribution in [2.45, 2.75) is 38.1 Å². The predicted molar refractivity (Wildman–Crippen MR) is 71.7 cm³/mol. The van der Waals surface area contributed by atoms with Gasteiger partial charge in [-0.25, -0.2) is 0 Å². The van der Waals surface area contributed by atoms with Crippen molar-refractivity contribution in [1.29, 1.82) is 0 Å². The van der Waals surface area contributed by atoms with E-state index in [1.165, 1.54) is 17.4 Å². The number of aliphatic hydroxyl groups is 1. The molecule has 1 aromatic rings. The molecule has 2 fully saturated rings. The second kappa shape index (κ2) is 4.73. The van der Waals surface area contributed by atoms with Gasteiger partial charge in [-0.05, 0) is 19.8 Å². The Bertz CT molecular complexity index is 490. The molecule has 3 rings (SSSR count). The summed E-state index contributed by atoms with van der Waals surface area (Å²) in [4.78, 5) is 13.5. The van der Waals surface area contributed by atoms with Crippen LogP contribution in [0, 0.1) is 10.1 Å². The van der Waals surface area contributed by atoms with Crippen LogP contribution in [0.3, 0.4) is 0 Å². The molecule has 3 atom stereocenters. The van der Waals surface area contributed by atoms with Crippen LogP contribution in [0.5, 0.6) is 0 Å². The first-order valence-corrected chi connectivity index (χ1v) is 7.23. The summed E-state index contributed by atoms with van der Waals surface area (Å²) in [7, 11) is 0. The fraction of sp³-hybridized carbons (Fsp3) is 0.667. The average Bonchev–Trinajstić information content (AvgIpc) is 2.93. The van der Waals surface area contributed by atoms with E-state index in [1.54, 1.807) is 6.92 Å². The molecule has 19 heavy (non-hydrogen) atoms. The van der Waals surface area contributed by atoms with Crippen LogP contribution in [-0.4, -0.2) is 35.3 Å². The summed E-state index contributed by atoms with van der Waals surface area (Å²) in [5.41, 5.74) is 0.0993. The number of hydrogen-bond donors (Lipinski definition) is 1. The van der Waals surface area contributed by atoms with E-state index >= 15 is 0 Å². The summed E-state index contributed by atoms with van der Waals surface area (Å²) in [5.74, 6) is 0. The van der Waals surface area contributed by atoms with E-state index in [2.05, 4.69) is 0 Å². The molecule has 1 aromatic heterocycles. The Morgan fingerprint density at radius 3 is 2.68 bits per heavy atom. The maximum absolute atomic E-state index is 11.2. The average molecular weight is 284 g/mol. The summed E-state index contributed by atoms with van der Waals surface area (Å²) in [6.07, 6.45) is 1.77.